The van der Waals surface area contributed by atoms with E-state index in [1.165, 1.54) is 16.9 Å². The molecule has 2 aliphatic heterocycles. The van der Waals surface area contributed by atoms with Gasteiger partial charge in [-0.3, -0.25) is 9.69 Å². The second-order valence-corrected chi connectivity index (χ2v) is 7.69. The Morgan fingerprint density at radius 2 is 2.04 bits per heavy atom. The summed E-state index contributed by atoms with van der Waals surface area (Å²) in [5, 5.41) is 1.85. The fourth-order valence-corrected chi connectivity index (χ4v) is 4.57. The van der Waals surface area contributed by atoms with Crippen LogP contribution in [-0.2, 0) is 6.54 Å². The van der Waals surface area contributed by atoms with Crippen LogP contribution in [0.25, 0.3) is 0 Å². The smallest absolute Gasteiger partial charge is 0.273 e. The van der Waals surface area contributed by atoms with Crippen molar-refractivity contribution >= 4 is 17.2 Å². The number of likely N-dealkylation sites (tertiary alicyclic amines) is 2. The number of amides is 1. The summed E-state index contributed by atoms with van der Waals surface area (Å²) in [5.41, 5.74) is 3.64. The molecule has 1 aromatic heterocycles. The van der Waals surface area contributed by atoms with Gasteiger partial charge in [-0.1, -0.05) is 12.1 Å². The van der Waals surface area contributed by atoms with Crippen LogP contribution in [0.3, 0.4) is 0 Å². The van der Waals surface area contributed by atoms with E-state index in [9.17, 15) is 4.79 Å². The van der Waals surface area contributed by atoms with E-state index in [1.807, 2.05) is 22.4 Å². The summed E-state index contributed by atoms with van der Waals surface area (Å²) >= 11 is 1.48. The number of aromatic nitrogens is 1. The zero-order chi connectivity index (χ0) is 17.2. The lowest BCUT2D eigenvalue weighted by atomic mass is 9.88. The number of methoxy groups -OCH3 is 1. The molecular weight excluding hydrogens is 334 g/mol. The number of thiazole rings is 1. The van der Waals surface area contributed by atoms with E-state index in [1.54, 1.807) is 12.6 Å². The van der Waals surface area contributed by atoms with Crippen LogP contribution in [0.1, 0.15) is 22.5 Å². The number of piperidine rings is 1. The van der Waals surface area contributed by atoms with Gasteiger partial charge in [0.15, 0.2) is 0 Å². The van der Waals surface area contributed by atoms with Gasteiger partial charge in [-0.15, -0.1) is 11.3 Å². The standard InChI is InChI=1S/C19H23N3O2S/c1-24-17-4-2-14(3-5-17)8-21-9-15-6-7-22(11-16(15)10-21)19(23)18-12-25-13-20-18/h2-5,12-13,15-16H,6-11H2,1H3/t15-,16-/m0/s1. The van der Waals surface area contributed by atoms with Crippen molar-refractivity contribution in [1.82, 2.24) is 14.8 Å². The SMILES string of the molecule is COc1ccc(CN2C[C@@H]3CCN(C(=O)c4cscn4)C[C@@H]3C2)cc1. The Kier molecular flexibility index (Phi) is 4.72. The summed E-state index contributed by atoms with van der Waals surface area (Å²) < 4.78 is 5.23. The first-order valence-electron chi connectivity index (χ1n) is 8.75. The van der Waals surface area contributed by atoms with Gasteiger partial charge in [0.25, 0.3) is 5.91 Å². The first-order valence-corrected chi connectivity index (χ1v) is 9.70. The molecule has 25 heavy (non-hydrogen) atoms. The number of carbonyl (C=O) groups is 1. The lowest BCUT2D eigenvalue weighted by Gasteiger charge is -2.34. The van der Waals surface area contributed by atoms with Gasteiger partial charge in [-0.2, -0.15) is 0 Å². The lowest BCUT2D eigenvalue weighted by molar-refractivity contribution is 0.0637. The molecule has 2 atom stereocenters. The minimum absolute atomic E-state index is 0.0910. The Morgan fingerprint density at radius 3 is 2.76 bits per heavy atom. The van der Waals surface area contributed by atoms with Crippen molar-refractivity contribution in [2.24, 2.45) is 11.8 Å². The normalized spacial score (nSPS) is 23.5. The highest BCUT2D eigenvalue weighted by Crippen LogP contribution is 2.32. The zero-order valence-electron chi connectivity index (χ0n) is 14.4. The third kappa shape index (κ3) is 3.55. The van der Waals surface area contributed by atoms with Crippen LogP contribution >= 0.6 is 11.3 Å². The molecule has 0 N–H and O–H groups in total. The number of hydrogen-bond donors (Lipinski definition) is 0. The minimum Gasteiger partial charge on any atom is -0.497 e. The van der Waals surface area contributed by atoms with Crippen LogP contribution in [0, 0.1) is 11.8 Å². The molecule has 0 aliphatic carbocycles. The maximum absolute atomic E-state index is 12.5. The van der Waals surface area contributed by atoms with Crippen molar-refractivity contribution in [3.63, 3.8) is 0 Å². The molecular formula is C19H23N3O2S. The minimum atomic E-state index is 0.0910. The maximum Gasteiger partial charge on any atom is 0.273 e. The highest BCUT2D eigenvalue weighted by atomic mass is 32.1. The van der Waals surface area contributed by atoms with Crippen LogP contribution in [0.15, 0.2) is 35.2 Å². The maximum atomic E-state index is 12.5. The number of hydrogen-bond acceptors (Lipinski definition) is 5. The van der Waals surface area contributed by atoms with Gasteiger partial charge in [0.2, 0.25) is 0 Å². The van der Waals surface area contributed by atoms with Gasteiger partial charge >= 0.3 is 0 Å². The topological polar surface area (TPSA) is 45.7 Å². The fourth-order valence-electron chi connectivity index (χ4n) is 4.05. The van der Waals surface area contributed by atoms with Gasteiger partial charge in [0.1, 0.15) is 11.4 Å². The molecule has 2 saturated heterocycles. The Morgan fingerprint density at radius 1 is 1.24 bits per heavy atom. The Balaban J connectivity index is 1.35. The van der Waals surface area contributed by atoms with Crippen molar-refractivity contribution in [2.45, 2.75) is 13.0 Å². The van der Waals surface area contributed by atoms with Crippen molar-refractivity contribution in [1.29, 1.82) is 0 Å². The molecule has 0 bridgehead atoms. The second-order valence-electron chi connectivity index (χ2n) is 6.98. The van der Waals surface area contributed by atoms with Crippen LogP contribution < -0.4 is 4.74 Å². The van der Waals surface area contributed by atoms with Gasteiger partial charge in [0.05, 0.1) is 12.6 Å². The number of carbonyl (C=O) groups excluding carboxylic acids is 1. The molecule has 0 saturated carbocycles. The molecule has 0 radical (unpaired) electrons. The highest BCUT2D eigenvalue weighted by molar-refractivity contribution is 7.07. The van der Waals surface area contributed by atoms with Crippen LogP contribution in [0.5, 0.6) is 5.75 Å². The molecule has 132 valence electrons. The van der Waals surface area contributed by atoms with Crippen molar-refractivity contribution in [2.75, 3.05) is 33.3 Å². The molecule has 2 aliphatic rings. The Bertz CT molecular complexity index is 717. The number of nitrogens with zero attached hydrogens (tertiary/aromatic N) is 3. The van der Waals surface area contributed by atoms with Crippen LogP contribution in [0.2, 0.25) is 0 Å². The Labute approximate surface area is 152 Å². The summed E-state index contributed by atoms with van der Waals surface area (Å²) in [5.74, 6) is 2.27. The van der Waals surface area contributed by atoms with Crippen molar-refractivity contribution in [3.8, 4) is 5.75 Å². The molecule has 4 rings (SSSR count). The van der Waals surface area contributed by atoms with E-state index < -0.39 is 0 Å². The number of fused-ring (bicyclic) bond motifs is 1. The van der Waals surface area contributed by atoms with E-state index >= 15 is 0 Å². The van der Waals surface area contributed by atoms with Crippen molar-refractivity contribution < 1.29 is 9.53 Å². The second kappa shape index (κ2) is 7.14. The van der Waals surface area contributed by atoms with E-state index in [4.69, 9.17) is 4.74 Å². The third-order valence-corrected chi connectivity index (χ3v) is 5.97. The van der Waals surface area contributed by atoms with Crippen LogP contribution in [-0.4, -0.2) is 54.0 Å². The first-order chi connectivity index (χ1) is 12.2. The molecule has 1 amide bonds. The van der Waals surface area contributed by atoms with E-state index in [0.29, 0.717) is 17.5 Å². The molecule has 6 heteroatoms. The van der Waals surface area contributed by atoms with E-state index in [0.717, 1.165) is 44.9 Å². The third-order valence-electron chi connectivity index (χ3n) is 5.38. The van der Waals surface area contributed by atoms with Gasteiger partial charge in [-0.05, 0) is 36.0 Å². The lowest BCUT2D eigenvalue weighted by Crippen LogP contribution is -2.43. The zero-order valence-corrected chi connectivity index (χ0v) is 15.2. The van der Waals surface area contributed by atoms with Crippen LogP contribution in [0.4, 0.5) is 0 Å². The molecule has 0 spiro atoms. The average Bonchev–Trinajstić information content (AvgIpc) is 3.30. The summed E-state index contributed by atoms with van der Waals surface area (Å²) in [6.45, 7) is 4.89. The van der Waals surface area contributed by atoms with Gasteiger partial charge in [-0.25, -0.2) is 4.98 Å². The first kappa shape index (κ1) is 16.5. The predicted octanol–water partition coefficient (Wildman–Crippen LogP) is 2.75. The monoisotopic (exact) mass is 357 g/mol. The number of ether oxygens (including phenoxy) is 1. The Hall–Kier alpha value is -1.92. The molecule has 1 aromatic carbocycles. The summed E-state index contributed by atoms with van der Waals surface area (Å²) in [4.78, 5) is 21.2. The van der Waals surface area contributed by atoms with E-state index in [-0.39, 0.29) is 5.91 Å². The summed E-state index contributed by atoms with van der Waals surface area (Å²) in [7, 11) is 1.69. The largest absolute Gasteiger partial charge is 0.497 e. The molecule has 2 fully saturated rings. The average molecular weight is 357 g/mol. The summed E-state index contributed by atoms with van der Waals surface area (Å²) in [6, 6.07) is 8.32. The van der Waals surface area contributed by atoms with Gasteiger partial charge in [0, 0.05) is 38.1 Å². The predicted molar refractivity (Wildman–Crippen MR) is 97.9 cm³/mol. The molecule has 0 unspecified atom stereocenters. The molecule has 5 nitrogen and oxygen atoms in total. The fraction of sp³-hybridized carbons (Fsp3) is 0.474. The number of benzene rings is 1. The molecule has 2 aromatic rings. The van der Waals surface area contributed by atoms with Crippen molar-refractivity contribution in [3.05, 3.63) is 46.4 Å². The van der Waals surface area contributed by atoms with E-state index in [2.05, 4.69) is 22.0 Å². The highest BCUT2D eigenvalue weighted by Gasteiger charge is 2.38. The van der Waals surface area contributed by atoms with Gasteiger partial charge < -0.3 is 9.64 Å². The quantitative estimate of drug-likeness (QED) is 0.844. The number of rotatable bonds is 4. The molecule has 3 heterocycles. The summed E-state index contributed by atoms with van der Waals surface area (Å²) in [6.07, 6.45) is 1.10.